The van der Waals surface area contributed by atoms with Gasteiger partial charge in [0.15, 0.2) is 11.4 Å². The summed E-state index contributed by atoms with van der Waals surface area (Å²) in [5.41, 5.74) is -0.306. The van der Waals surface area contributed by atoms with Gasteiger partial charge in [0.05, 0.1) is 12.4 Å². The predicted octanol–water partition coefficient (Wildman–Crippen LogP) is 1.97. The lowest BCUT2D eigenvalue weighted by atomic mass is 10.2. The van der Waals surface area contributed by atoms with Crippen molar-refractivity contribution in [3.8, 4) is 0 Å². The lowest BCUT2D eigenvalue weighted by Gasteiger charge is -2.11. The average molecular weight is 279 g/mol. The molecule has 2 heterocycles. The van der Waals surface area contributed by atoms with Crippen molar-refractivity contribution in [3.05, 3.63) is 39.6 Å². The summed E-state index contributed by atoms with van der Waals surface area (Å²) in [5, 5.41) is 11.6. The van der Waals surface area contributed by atoms with Crippen LogP contribution < -0.4 is 5.32 Å². The van der Waals surface area contributed by atoms with Crippen LogP contribution in [-0.2, 0) is 0 Å². The Labute approximate surface area is 113 Å². The number of imidazole rings is 1. The fourth-order valence-corrected chi connectivity index (χ4v) is 2.53. The number of aromatic carboxylic acids is 1. The highest BCUT2D eigenvalue weighted by molar-refractivity contribution is 7.12. The molecule has 3 N–H and O–H groups in total. The van der Waals surface area contributed by atoms with Crippen LogP contribution in [-0.4, -0.2) is 27.0 Å². The molecule has 2 aromatic rings. The summed E-state index contributed by atoms with van der Waals surface area (Å²) < 4.78 is 0. The number of hydrogen-bond acceptors (Lipinski definition) is 4. The van der Waals surface area contributed by atoms with E-state index in [2.05, 4.69) is 15.3 Å². The molecule has 0 bridgehead atoms. The minimum atomic E-state index is -1.21. The molecule has 19 heavy (non-hydrogen) atoms. The summed E-state index contributed by atoms with van der Waals surface area (Å²) in [5.74, 6) is -1.71. The SMILES string of the molecule is Cc1ccc(C(C)NC(=O)c2nc[nH]c2C(=O)O)s1. The van der Waals surface area contributed by atoms with E-state index in [0.29, 0.717) is 0 Å². The van der Waals surface area contributed by atoms with Crippen LogP contribution in [0.1, 0.15) is 43.7 Å². The van der Waals surface area contributed by atoms with Crippen LogP contribution >= 0.6 is 11.3 Å². The Morgan fingerprint density at radius 1 is 1.47 bits per heavy atom. The minimum absolute atomic E-state index is 0.104. The molecule has 7 heteroatoms. The third-order valence-electron chi connectivity index (χ3n) is 2.60. The minimum Gasteiger partial charge on any atom is -0.477 e. The van der Waals surface area contributed by atoms with Crippen molar-refractivity contribution in [3.63, 3.8) is 0 Å². The third kappa shape index (κ3) is 2.82. The van der Waals surface area contributed by atoms with Gasteiger partial charge in [0, 0.05) is 9.75 Å². The van der Waals surface area contributed by atoms with Gasteiger partial charge in [-0.3, -0.25) is 4.79 Å². The molecule has 2 aromatic heterocycles. The molecule has 1 unspecified atom stereocenters. The predicted molar refractivity (Wildman–Crippen MR) is 70.5 cm³/mol. The second-order valence-corrected chi connectivity index (χ2v) is 5.39. The van der Waals surface area contributed by atoms with Crippen LogP contribution in [0.4, 0.5) is 0 Å². The molecule has 0 radical (unpaired) electrons. The summed E-state index contributed by atoms with van der Waals surface area (Å²) in [6, 6.07) is 3.72. The summed E-state index contributed by atoms with van der Waals surface area (Å²) in [4.78, 5) is 31.2. The Morgan fingerprint density at radius 3 is 2.79 bits per heavy atom. The third-order valence-corrected chi connectivity index (χ3v) is 3.79. The Balaban J connectivity index is 2.13. The lowest BCUT2D eigenvalue weighted by molar-refractivity contribution is 0.0684. The standard InChI is InChI=1S/C12H13N3O3S/c1-6-3-4-8(19-6)7(2)15-11(16)9-10(12(17)18)14-5-13-9/h3-5,7H,1-2H3,(H,13,14)(H,15,16)(H,17,18). The Hall–Kier alpha value is -2.15. The molecule has 0 spiro atoms. The van der Waals surface area contributed by atoms with Gasteiger partial charge in [-0.2, -0.15) is 0 Å². The summed E-state index contributed by atoms with van der Waals surface area (Å²) in [6.45, 7) is 3.83. The Morgan fingerprint density at radius 2 is 2.21 bits per heavy atom. The second kappa shape index (κ2) is 5.23. The van der Waals surface area contributed by atoms with Crippen LogP contribution in [0.2, 0.25) is 0 Å². The van der Waals surface area contributed by atoms with E-state index in [0.717, 1.165) is 9.75 Å². The van der Waals surface area contributed by atoms with Crippen molar-refractivity contribution in [2.75, 3.05) is 0 Å². The van der Waals surface area contributed by atoms with Gasteiger partial charge >= 0.3 is 5.97 Å². The van der Waals surface area contributed by atoms with E-state index in [1.807, 2.05) is 26.0 Å². The smallest absolute Gasteiger partial charge is 0.354 e. The van der Waals surface area contributed by atoms with E-state index in [1.54, 1.807) is 11.3 Å². The first-order valence-electron chi connectivity index (χ1n) is 5.63. The van der Waals surface area contributed by atoms with Crippen LogP contribution in [0, 0.1) is 6.92 Å². The maximum absolute atomic E-state index is 12.0. The first-order chi connectivity index (χ1) is 8.99. The van der Waals surface area contributed by atoms with Crippen molar-refractivity contribution < 1.29 is 14.7 Å². The molecule has 0 saturated heterocycles. The summed E-state index contributed by atoms with van der Waals surface area (Å²) in [6.07, 6.45) is 1.19. The largest absolute Gasteiger partial charge is 0.477 e. The van der Waals surface area contributed by atoms with Crippen molar-refractivity contribution in [1.82, 2.24) is 15.3 Å². The fraction of sp³-hybridized carbons (Fsp3) is 0.250. The van der Waals surface area contributed by atoms with Crippen LogP contribution in [0.5, 0.6) is 0 Å². The average Bonchev–Trinajstić information content (AvgIpc) is 2.96. The van der Waals surface area contributed by atoms with Crippen molar-refractivity contribution >= 4 is 23.2 Å². The zero-order valence-electron chi connectivity index (χ0n) is 10.4. The van der Waals surface area contributed by atoms with Gasteiger partial charge in [-0.1, -0.05) is 0 Å². The zero-order valence-corrected chi connectivity index (χ0v) is 11.2. The molecule has 0 aromatic carbocycles. The summed E-state index contributed by atoms with van der Waals surface area (Å²) >= 11 is 1.59. The summed E-state index contributed by atoms with van der Waals surface area (Å²) in [7, 11) is 0. The first-order valence-corrected chi connectivity index (χ1v) is 6.44. The molecular formula is C12H13N3O3S. The van der Waals surface area contributed by atoms with E-state index < -0.39 is 11.9 Å². The van der Waals surface area contributed by atoms with Crippen LogP contribution in [0.15, 0.2) is 18.5 Å². The van der Waals surface area contributed by atoms with E-state index in [9.17, 15) is 9.59 Å². The van der Waals surface area contributed by atoms with Gasteiger partial charge in [0.2, 0.25) is 0 Å². The van der Waals surface area contributed by atoms with Crippen molar-refractivity contribution in [2.45, 2.75) is 19.9 Å². The highest BCUT2D eigenvalue weighted by Gasteiger charge is 2.21. The van der Waals surface area contributed by atoms with Gasteiger partial charge < -0.3 is 15.4 Å². The van der Waals surface area contributed by atoms with E-state index >= 15 is 0 Å². The topological polar surface area (TPSA) is 95.1 Å². The molecule has 0 aliphatic heterocycles. The lowest BCUT2D eigenvalue weighted by Crippen LogP contribution is -2.28. The number of aromatic amines is 1. The fourth-order valence-electron chi connectivity index (χ4n) is 1.65. The first kappa shape index (κ1) is 13.3. The molecule has 1 atom stereocenters. The second-order valence-electron chi connectivity index (χ2n) is 4.07. The molecule has 0 aliphatic rings. The molecule has 1 amide bonds. The Bertz CT molecular complexity index is 617. The van der Waals surface area contributed by atoms with Gasteiger partial charge in [-0.05, 0) is 26.0 Å². The number of amides is 1. The number of thiophene rings is 1. The number of nitrogens with one attached hydrogen (secondary N) is 2. The molecule has 0 aliphatic carbocycles. The quantitative estimate of drug-likeness (QED) is 0.797. The van der Waals surface area contributed by atoms with E-state index in [1.165, 1.54) is 6.33 Å². The maximum Gasteiger partial charge on any atom is 0.354 e. The monoisotopic (exact) mass is 279 g/mol. The van der Waals surface area contributed by atoms with Gasteiger partial charge in [0.1, 0.15) is 0 Å². The van der Waals surface area contributed by atoms with Gasteiger partial charge in [-0.15, -0.1) is 11.3 Å². The number of H-pyrrole nitrogens is 1. The number of carbonyl (C=O) groups excluding carboxylic acids is 1. The number of hydrogen-bond donors (Lipinski definition) is 3. The molecule has 100 valence electrons. The number of aryl methyl sites for hydroxylation is 1. The highest BCUT2D eigenvalue weighted by Crippen LogP contribution is 2.22. The molecule has 2 rings (SSSR count). The zero-order chi connectivity index (χ0) is 14.0. The maximum atomic E-state index is 12.0. The molecule has 0 saturated carbocycles. The molecule has 6 nitrogen and oxygen atoms in total. The number of nitrogens with zero attached hydrogens (tertiary/aromatic N) is 1. The van der Waals surface area contributed by atoms with E-state index in [4.69, 9.17) is 5.11 Å². The van der Waals surface area contributed by atoms with Crippen molar-refractivity contribution in [1.29, 1.82) is 0 Å². The van der Waals surface area contributed by atoms with Crippen LogP contribution in [0.3, 0.4) is 0 Å². The molecular weight excluding hydrogens is 266 g/mol. The van der Waals surface area contributed by atoms with Crippen molar-refractivity contribution in [2.24, 2.45) is 0 Å². The molecule has 0 fully saturated rings. The number of carboxylic acids is 1. The number of carboxylic acid groups (broad SMARTS) is 1. The number of rotatable bonds is 4. The van der Waals surface area contributed by atoms with Gasteiger partial charge in [-0.25, -0.2) is 9.78 Å². The van der Waals surface area contributed by atoms with Crippen LogP contribution in [0.25, 0.3) is 0 Å². The number of carbonyl (C=O) groups is 2. The van der Waals surface area contributed by atoms with Gasteiger partial charge in [0.25, 0.3) is 5.91 Å². The highest BCUT2D eigenvalue weighted by atomic mass is 32.1. The normalized spacial score (nSPS) is 12.1. The van der Waals surface area contributed by atoms with E-state index in [-0.39, 0.29) is 17.4 Å². The Kier molecular flexibility index (Phi) is 3.66. The number of aromatic nitrogens is 2.